The first-order chi connectivity index (χ1) is 15.4. The van der Waals surface area contributed by atoms with E-state index in [1.807, 2.05) is 0 Å². The van der Waals surface area contributed by atoms with E-state index in [4.69, 9.17) is 22.1 Å². The van der Waals surface area contributed by atoms with E-state index in [0.717, 1.165) is 48.5 Å². The predicted octanol–water partition coefficient (Wildman–Crippen LogP) is 5.66. The number of hydrogen-bond donors (Lipinski definition) is 2. The number of rotatable bonds is 6. The van der Waals surface area contributed by atoms with Gasteiger partial charge in [0.2, 0.25) is 0 Å². The first-order valence-electron chi connectivity index (χ1n) is 8.87. The van der Waals surface area contributed by atoms with Crippen molar-refractivity contribution in [2.24, 2.45) is 5.73 Å². The number of ether oxygens (including phenoxy) is 2. The Kier molecular flexibility index (Phi) is 6.73. The summed E-state index contributed by atoms with van der Waals surface area (Å²) in [5.41, 5.74) is 3.84. The first kappa shape index (κ1) is 23.8. The number of anilines is 1. The second kappa shape index (κ2) is 9.33. The minimum atomic E-state index is -4.89. The first-order valence-corrected chi connectivity index (χ1v) is 9.25. The van der Waals surface area contributed by atoms with E-state index in [1.165, 1.54) is 6.07 Å². The zero-order valence-electron chi connectivity index (χ0n) is 16.2. The molecule has 12 heteroatoms. The molecule has 0 heterocycles. The smallest absolute Gasteiger partial charge is 0.456 e. The minimum Gasteiger partial charge on any atom is -0.456 e. The Bertz CT molecular complexity index is 1220. The van der Waals surface area contributed by atoms with Crippen LogP contribution in [0.5, 0.6) is 17.2 Å². The molecule has 3 N–H and O–H groups in total. The van der Waals surface area contributed by atoms with E-state index in [-0.39, 0.29) is 17.2 Å². The number of hydrogen-bond acceptors (Lipinski definition) is 4. The van der Waals surface area contributed by atoms with E-state index in [9.17, 15) is 31.5 Å². The third kappa shape index (κ3) is 5.89. The highest BCUT2D eigenvalue weighted by Crippen LogP contribution is 2.33. The third-order valence-corrected chi connectivity index (χ3v) is 4.35. The second-order valence-corrected chi connectivity index (χ2v) is 6.78. The average molecular weight is 487 g/mol. The summed E-state index contributed by atoms with van der Waals surface area (Å²) in [6.45, 7) is 0. The van der Waals surface area contributed by atoms with Crippen LogP contribution in [0.25, 0.3) is 0 Å². The van der Waals surface area contributed by atoms with E-state index < -0.39 is 51.7 Å². The van der Waals surface area contributed by atoms with Gasteiger partial charge in [0.05, 0.1) is 10.6 Å². The van der Waals surface area contributed by atoms with E-state index in [1.54, 1.807) is 0 Å². The lowest BCUT2D eigenvalue weighted by molar-refractivity contribution is -0.274. The number of amides is 2. The van der Waals surface area contributed by atoms with Crippen molar-refractivity contribution >= 4 is 29.1 Å². The highest BCUT2D eigenvalue weighted by atomic mass is 35.5. The Morgan fingerprint density at radius 3 is 2.18 bits per heavy atom. The summed E-state index contributed by atoms with van der Waals surface area (Å²) < 4.78 is 74.4. The number of carbonyl (C=O) groups is 2. The van der Waals surface area contributed by atoms with Gasteiger partial charge >= 0.3 is 6.36 Å². The van der Waals surface area contributed by atoms with Crippen LogP contribution in [0.4, 0.5) is 27.6 Å². The van der Waals surface area contributed by atoms with Gasteiger partial charge in [-0.15, -0.1) is 13.2 Å². The Hall–Kier alpha value is -3.86. The molecule has 0 bridgehead atoms. The molecule has 6 nitrogen and oxygen atoms in total. The summed E-state index contributed by atoms with van der Waals surface area (Å²) in [7, 11) is 0. The number of benzene rings is 3. The van der Waals surface area contributed by atoms with Crippen LogP contribution in [0.1, 0.15) is 20.7 Å². The average Bonchev–Trinajstić information content (AvgIpc) is 2.72. The molecule has 0 spiro atoms. The van der Waals surface area contributed by atoms with Crippen LogP contribution in [-0.2, 0) is 0 Å². The molecule has 33 heavy (non-hydrogen) atoms. The van der Waals surface area contributed by atoms with Crippen molar-refractivity contribution < 1.29 is 41.0 Å². The van der Waals surface area contributed by atoms with E-state index >= 15 is 0 Å². The van der Waals surface area contributed by atoms with Gasteiger partial charge in [0.1, 0.15) is 28.6 Å². The van der Waals surface area contributed by atoms with Gasteiger partial charge in [-0.2, -0.15) is 0 Å². The fourth-order valence-corrected chi connectivity index (χ4v) is 2.81. The van der Waals surface area contributed by atoms with Gasteiger partial charge in [-0.25, -0.2) is 8.78 Å². The summed E-state index contributed by atoms with van der Waals surface area (Å²) in [6.07, 6.45) is -4.89. The molecule has 0 saturated carbocycles. The molecule has 172 valence electrons. The zero-order chi connectivity index (χ0) is 24.3. The van der Waals surface area contributed by atoms with Crippen LogP contribution < -0.4 is 20.5 Å². The SMILES string of the molecule is NC(=O)c1cc(NC(=O)c2c(Oc3ccc(OC(F)(F)F)cc3)ccc(Cl)c2F)ccc1F. The summed E-state index contributed by atoms with van der Waals surface area (Å²) in [5.74, 6) is -5.10. The summed E-state index contributed by atoms with van der Waals surface area (Å²) in [4.78, 5) is 24.0. The molecule has 2 amide bonds. The maximum Gasteiger partial charge on any atom is 0.573 e. The van der Waals surface area contributed by atoms with Gasteiger partial charge in [-0.1, -0.05) is 11.6 Å². The molecule has 0 radical (unpaired) electrons. The van der Waals surface area contributed by atoms with Crippen LogP contribution in [0, 0.1) is 11.6 Å². The van der Waals surface area contributed by atoms with Gasteiger partial charge in [0, 0.05) is 5.69 Å². The molecule has 3 aromatic carbocycles. The van der Waals surface area contributed by atoms with Gasteiger partial charge in [-0.3, -0.25) is 9.59 Å². The molecule has 3 rings (SSSR count). The summed E-state index contributed by atoms with van der Waals surface area (Å²) in [6, 6.07) is 9.35. The van der Waals surface area contributed by atoms with Crippen molar-refractivity contribution in [3.05, 3.63) is 82.4 Å². The molecular weight excluding hydrogens is 475 g/mol. The van der Waals surface area contributed by atoms with Crippen LogP contribution in [0.15, 0.2) is 54.6 Å². The topological polar surface area (TPSA) is 90.7 Å². The number of primary amides is 1. The maximum absolute atomic E-state index is 14.7. The Morgan fingerprint density at radius 2 is 1.58 bits per heavy atom. The molecule has 0 aliphatic carbocycles. The van der Waals surface area contributed by atoms with Crippen molar-refractivity contribution in [1.82, 2.24) is 0 Å². The summed E-state index contributed by atoms with van der Waals surface area (Å²) in [5, 5.41) is 1.85. The molecule has 0 saturated heterocycles. The predicted molar refractivity (Wildman–Crippen MR) is 107 cm³/mol. The highest BCUT2D eigenvalue weighted by Gasteiger charge is 2.31. The van der Waals surface area contributed by atoms with Crippen molar-refractivity contribution in [3.8, 4) is 17.2 Å². The van der Waals surface area contributed by atoms with Crippen LogP contribution in [-0.4, -0.2) is 18.2 Å². The lowest BCUT2D eigenvalue weighted by Crippen LogP contribution is -2.17. The Labute approximate surface area is 187 Å². The van der Waals surface area contributed by atoms with Crippen LogP contribution in [0.3, 0.4) is 0 Å². The number of nitrogens with two attached hydrogens (primary N) is 1. The molecule has 3 aromatic rings. The van der Waals surface area contributed by atoms with E-state index in [0.29, 0.717) is 0 Å². The number of alkyl halides is 3. The van der Waals surface area contributed by atoms with E-state index in [2.05, 4.69) is 10.1 Å². The quantitative estimate of drug-likeness (QED) is 0.440. The molecule has 0 atom stereocenters. The zero-order valence-corrected chi connectivity index (χ0v) is 16.9. The Balaban J connectivity index is 1.89. The maximum atomic E-state index is 14.7. The van der Waals surface area contributed by atoms with Crippen molar-refractivity contribution in [1.29, 1.82) is 0 Å². The largest absolute Gasteiger partial charge is 0.573 e. The van der Waals surface area contributed by atoms with Crippen molar-refractivity contribution in [2.75, 3.05) is 5.32 Å². The van der Waals surface area contributed by atoms with Crippen molar-refractivity contribution in [2.45, 2.75) is 6.36 Å². The third-order valence-electron chi connectivity index (χ3n) is 4.06. The summed E-state index contributed by atoms with van der Waals surface area (Å²) >= 11 is 5.76. The molecule has 0 aliphatic heterocycles. The number of halogens is 6. The second-order valence-electron chi connectivity index (χ2n) is 6.37. The lowest BCUT2D eigenvalue weighted by atomic mass is 10.1. The molecule has 0 unspecified atom stereocenters. The highest BCUT2D eigenvalue weighted by molar-refractivity contribution is 6.31. The fraction of sp³-hybridized carbons (Fsp3) is 0.0476. The standard InChI is InChI=1S/C21H12ClF5N2O4/c22-14-6-8-16(32-11-2-4-12(5-3-11)33-21(25,26)27)17(18(14)24)20(31)29-10-1-7-15(23)13(9-10)19(28)30/h1-9H,(H2,28,30)(H,29,31). The van der Waals surface area contributed by atoms with Gasteiger partial charge in [-0.05, 0) is 54.6 Å². The Morgan fingerprint density at radius 1 is 0.939 bits per heavy atom. The van der Waals surface area contributed by atoms with Crippen molar-refractivity contribution in [3.63, 3.8) is 0 Å². The normalized spacial score (nSPS) is 11.1. The number of carbonyl (C=O) groups excluding carboxylic acids is 2. The minimum absolute atomic E-state index is 0.0434. The monoisotopic (exact) mass is 486 g/mol. The van der Waals surface area contributed by atoms with Gasteiger partial charge < -0.3 is 20.5 Å². The molecular formula is C21H12ClF5N2O4. The van der Waals surface area contributed by atoms with Gasteiger partial charge in [0.25, 0.3) is 11.8 Å². The van der Waals surface area contributed by atoms with Crippen LogP contribution in [0.2, 0.25) is 5.02 Å². The molecule has 0 aromatic heterocycles. The molecule has 0 fully saturated rings. The number of nitrogens with one attached hydrogen (secondary N) is 1. The van der Waals surface area contributed by atoms with Crippen LogP contribution >= 0.6 is 11.6 Å². The van der Waals surface area contributed by atoms with Gasteiger partial charge in [0.15, 0.2) is 5.82 Å². The lowest BCUT2D eigenvalue weighted by Gasteiger charge is -2.14. The molecule has 0 aliphatic rings. The fourth-order valence-electron chi connectivity index (χ4n) is 2.65.